The van der Waals surface area contributed by atoms with Gasteiger partial charge in [0, 0.05) is 56.9 Å². The minimum atomic E-state index is -0.833. The average Bonchev–Trinajstić information content (AvgIpc) is 3.11. The van der Waals surface area contributed by atoms with Crippen LogP contribution < -0.4 is 15.5 Å². The van der Waals surface area contributed by atoms with Gasteiger partial charge in [-0.25, -0.2) is 4.79 Å². The second kappa shape index (κ2) is 25.5. The van der Waals surface area contributed by atoms with Crippen molar-refractivity contribution in [2.75, 3.05) is 26.2 Å². The Balaban J connectivity index is 0.000000232. The first-order valence-corrected chi connectivity index (χ1v) is 18.8. The summed E-state index contributed by atoms with van der Waals surface area (Å²) in [4.78, 5) is 39.1. The number of pyridine rings is 2. The Morgan fingerprint density at radius 1 is 0.784 bits per heavy atom. The van der Waals surface area contributed by atoms with Gasteiger partial charge in [-0.05, 0) is 110 Å². The molecule has 2 aromatic heterocycles. The summed E-state index contributed by atoms with van der Waals surface area (Å²) < 4.78 is 17.1. The fourth-order valence-corrected chi connectivity index (χ4v) is 5.94. The van der Waals surface area contributed by atoms with Gasteiger partial charge in [0.05, 0.1) is 24.4 Å². The van der Waals surface area contributed by atoms with Crippen LogP contribution in [0.4, 0.5) is 4.79 Å². The number of aliphatic carboxylic acids is 1. The molecule has 0 spiro atoms. The van der Waals surface area contributed by atoms with Crippen molar-refractivity contribution in [3.63, 3.8) is 0 Å². The van der Waals surface area contributed by atoms with Crippen LogP contribution in [0.25, 0.3) is 0 Å². The molecular formula is C39H64N4O8. The number of aliphatic hydroxyl groups is 1. The second-order valence-electron chi connectivity index (χ2n) is 14.4. The molecule has 12 nitrogen and oxygen atoms in total. The molecule has 2 aliphatic carbocycles. The lowest BCUT2D eigenvalue weighted by Crippen LogP contribution is -2.42. The number of carboxylic acid groups (broad SMARTS) is 1. The number of ether oxygens (including phenoxy) is 3. The summed E-state index contributed by atoms with van der Waals surface area (Å²) in [5.74, 6) is 0.127. The molecular weight excluding hydrogens is 652 g/mol. The van der Waals surface area contributed by atoms with Gasteiger partial charge < -0.3 is 39.6 Å². The Morgan fingerprint density at radius 3 is 1.75 bits per heavy atom. The van der Waals surface area contributed by atoms with Crippen molar-refractivity contribution in [2.45, 2.75) is 148 Å². The number of amides is 1. The molecule has 51 heavy (non-hydrogen) atoms. The quantitative estimate of drug-likeness (QED) is 0.267. The largest absolute Gasteiger partial charge is 0.490 e. The highest BCUT2D eigenvalue weighted by molar-refractivity contribution is 5.68. The number of nitrogens with zero attached hydrogens (tertiary/aromatic N) is 2. The first-order chi connectivity index (χ1) is 24.4. The number of carboxylic acids is 1. The van der Waals surface area contributed by atoms with Crippen molar-refractivity contribution >= 4 is 12.1 Å². The van der Waals surface area contributed by atoms with E-state index in [0.717, 1.165) is 25.8 Å². The summed E-state index contributed by atoms with van der Waals surface area (Å²) in [6.45, 7) is 10.1. The van der Waals surface area contributed by atoms with Crippen molar-refractivity contribution < 1.29 is 34.0 Å². The van der Waals surface area contributed by atoms with Crippen molar-refractivity contribution in [3.8, 4) is 5.75 Å². The number of carbonyl (C=O) groups excluding carboxylic acids is 1. The standard InChI is InChI=1S/C11H21NO.C11H15NO.C10H19NO3.C5H5NO.C2H4O2/c2*1-2-4-10(5-3-1)13-11-6-8-12-9-7-11;1-10(2,3)14-9(13)11-6-4-8(12)5-7-11;7-5-1-3-6-4-2-5;1-2(3)4/h10-12H,1-9H2;6-10H,1-5H2;8,12H,4-7H2,1-3H3;1-4H,(H,6,7);1H3,(H,3,4). The fourth-order valence-electron chi connectivity index (χ4n) is 5.94. The molecule has 4 heterocycles. The van der Waals surface area contributed by atoms with Crippen molar-refractivity contribution in [1.29, 1.82) is 0 Å². The molecule has 2 saturated heterocycles. The molecule has 0 radical (unpaired) electrons. The Labute approximate surface area is 304 Å². The van der Waals surface area contributed by atoms with Crippen LogP contribution in [-0.2, 0) is 14.3 Å². The molecule has 288 valence electrons. The third-order valence-corrected chi connectivity index (χ3v) is 8.53. The molecule has 1 amide bonds. The minimum Gasteiger partial charge on any atom is -0.490 e. The van der Waals surface area contributed by atoms with Gasteiger partial charge in [-0.2, -0.15) is 0 Å². The molecule has 0 atom stereocenters. The summed E-state index contributed by atoms with van der Waals surface area (Å²) in [7, 11) is 0. The Kier molecular flexibility index (Phi) is 21.8. The van der Waals surface area contributed by atoms with E-state index in [2.05, 4.69) is 15.3 Å². The third kappa shape index (κ3) is 22.9. The molecule has 4 aliphatic rings. The zero-order valence-corrected chi connectivity index (χ0v) is 31.4. The number of piperidine rings is 2. The number of aromatic amines is 1. The average molecular weight is 717 g/mol. The van der Waals surface area contributed by atoms with Gasteiger partial charge in [-0.1, -0.05) is 25.7 Å². The van der Waals surface area contributed by atoms with Gasteiger partial charge >= 0.3 is 6.09 Å². The monoisotopic (exact) mass is 716 g/mol. The Morgan fingerprint density at radius 2 is 1.27 bits per heavy atom. The molecule has 0 bridgehead atoms. The predicted octanol–water partition coefficient (Wildman–Crippen LogP) is 6.72. The van der Waals surface area contributed by atoms with E-state index in [9.17, 15) is 14.7 Å². The molecule has 6 rings (SSSR count). The predicted molar refractivity (Wildman–Crippen MR) is 199 cm³/mol. The highest BCUT2D eigenvalue weighted by Gasteiger charge is 2.26. The van der Waals surface area contributed by atoms with E-state index in [1.165, 1.54) is 89.2 Å². The molecule has 4 fully saturated rings. The fraction of sp³-hybridized carbons (Fsp3) is 0.692. The topological polar surface area (TPSA) is 163 Å². The van der Waals surface area contributed by atoms with Crippen LogP contribution >= 0.6 is 0 Å². The molecule has 0 unspecified atom stereocenters. The van der Waals surface area contributed by atoms with E-state index in [0.29, 0.717) is 44.2 Å². The van der Waals surface area contributed by atoms with Crippen LogP contribution in [0.1, 0.15) is 118 Å². The van der Waals surface area contributed by atoms with Crippen molar-refractivity contribution in [2.24, 2.45) is 0 Å². The maximum Gasteiger partial charge on any atom is 0.410 e. The maximum atomic E-state index is 11.5. The lowest BCUT2D eigenvalue weighted by atomic mass is 9.97. The van der Waals surface area contributed by atoms with Gasteiger partial charge in [-0.3, -0.25) is 14.6 Å². The first kappa shape index (κ1) is 43.7. The SMILES string of the molecule is C1CCC(OC2CCNCC2)CC1.CC(=O)O.CC(C)(C)OC(=O)N1CCC(O)CC1.O=c1cc[nH]cc1.c1cc(OC2CCCCC2)ccn1. The lowest BCUT2D eigenvalue weighted by Gasteiger charge is -2.31. The number of hydrogen-bond donors (Lipinski definition) is 4. The van der Waals surface area contributed by atoms with E-state index in [-0.39, 0.29) is 17.6 Å². The number of aliphatic hydroxyl groups excluding tert-OH is 1. The van der Waals surface area contributed by atoms with Crippen LogP contribution in [0.2, 0.25) is 0 Å². The number of H-pyrrole nitrogens is 1. The molecule has 2 aromatic rings. The number of nitrogens with one attached hydrogen (secondary N) is 2. The number of rotatable bonds is 4. The summed E-state index contributed by atoms with van der Waals surface area (Å²) in [6.07, 6.45) is 24.8. The summed E-state index contributed by atoms with van der Waals surface area (Å²) in [5, 5.41) is 20.1. The van der Waals surface area contributed by atoms with E-state index in [4.69, 9.17) is 24.1 Å². The van der Waals surface area contributed by atoms with E-state index >= 15 is 0 Å². The number of hydrogen-bond acceptors (Lipinski definition) is 9. The Bertz CT molecular complexity index is 1190. The smallest absolute Gasteiger partial charge is 0.410 e. The van der Waals surface area contributed by atoms with E-state index in [1.807, 2.05) is 32.9 Å². The third-order valence-electron chi connectivity index (χ3n) is 8.53. The van der Waals surface area contributed by atoms with Gasteiger partial charge in [0.25, 0.3) is 5.97 Å². The van der Waals surface area contributed by atoms with Crippen LogP contribution in [0.5, 0.6) is 5.75 Å². The van der Waals surface area contributed by atoms with Crippen LogP contribution in [0.3, 0.4) is 0 Å². The van der Waals surface area contributed by atoms with Crippen molar-refractivity contribution in [1.82, 2.24) is 20.2 Å². The van der Waals surface area contributed by atoms with Gasteiger partial charge in [0.1, 0.15) is 11.4 Å². The minimum absolute atomic E-state index is 0.0405. The van der Waals surface area contributed by atoms with Crippen LogP contribution in [-0.4, -0.2) is 93.3 Å². The molecule has 2 aliphatic heterocycles. The summed E-state index contributed by atoms with van der Waals surface area (Å²) in [5.41, 5.74) is -0.397. The number of aromatic nitrogens is 2. The van der Waals surface area contributed by atoms with Crippen molar-refractivity contribution in [3.05, 3.63) is 59.3 Å². The highest BCUT2D eigenvalue weighted by atomic mass is 16.6. The van der Waals surface area contributed by atoms with Gasteiger partial charge in [0.15, 0.2) is 5.43 Å². The van der Waals surface area contributed by atoms with Crippen LogP contribution in [0.15, 0.2) is 53.8 Å². The molecule has 12 heteroatoms. The van der Waals surface area contributed by atoms with E-state index < -0.39 is 11.6 Å². The Hall–Kier alpha value is -3.48. The summed E-state index contributed by atoms with van der Waals surface area (Å²) >= 11 is 0. The highest BCUT2D eigenvalue weighted by Crippen LogP contribution is 2.24. The maximum absolute atomic E-state index is 11.5. The first-order valence-electron chi connectivity index (χ1n) is 18.8. The normalized spacial score (nSPS) is 18.8. The zero-order chi connectivity index (χ0) is 37.3. The second-order valence-corrected chi connectivity index (χ2v) is 14.4. The van der Waals surface area contributed by atoms with Gasteiger partial charge in [-0.15, -0.1) is 0 Å². The summed E-state index contributed by atoms with van der Waals surface area (Å²) in [6, 6.07) is 6.79. The number of likely N-dealkylation sites (tertiary alicyclic amines) is 1. The van der Waals surface area contributed by atoms with Gasteiger partial charge in [0.2, 0.25) is 0 Å². The lowest BCUT2D eigenvalue weighted by molar-refractivity contribution is -0.134. The molecule has 4 N–H and O–H groups in total. The van der Waals surface area contributed by atoms with E-state index in [1.54, 1.807) is 29.7 Å². The zero-order valence-electron chi connectivity index (χ0n) is 31.4. The molecule has 2 saturated carbocycles. The van der Waals surface area contributed by atoms with Crippen LogP contribution in [0, 0.1) is 0 Å². The number of carbonyl (C=O) groups is 2. The molecule has 0 aromatic carbocycles.